The average molecular weight is 433 g/mol. The van der Waals surface area contributed by atoms with Gasteiger partial charge in [-0.15, -0.1) is 11.8 Å². The Balaban J connectivity index is 1.77. The van der Waals surface area contributed by atoms with Crippen LogP contribution in [0.4, 0.5) is 11.4 Å². The Morgan fingerprint density at radius 1 is 0.929 bits per heavy atom. The first-order chi connectivity index (χ1) is 13.4. The molecule has 0 aliphatic heterocycles. The van der Waals surface area contributed by atoms with Gasteiger partial charge in [-0.1, -0.05) is 35.9 Å². The fourth-order valence-electron chi connectivity index (χ4n) is 2.48. The number of carbonyl (C=O) groups is 1. The molecule has 0 saturated heterocycles. The van der Waals surface area contributed by atoms with Crippen molar-refractivity contribution in [2.24, 2.45) is 0 Å². The van der Waals surface area contributed by atoms with Crippen molar-refractivity contribution in [3.63, 3.8) is 0 Å². The van der Waals surface area contributed by atoms with E-state index in [0.717, 1.165) is 4.90 Å². The van der Waals surface area contributed by atoms with Gasteiger partial charge in [0.25, 0.3) is 15.9 Å². The fraction of sp³-hybridized carbons (Fsp3) is 0.0500. The van der Waals surface area contributed by atoms with Crippen molar-refractivity contribution in [2.45, 2.75) is 9.79 Å². The van der Waals surface area contributed by atoms with Crippen molar-refractivity contribution in [3.8, 4) is 0 Å². The van der Waals surface area contributed by atoms with Gasteiger partial charge in [0.2, 0.25) is 0 Å². The van der Waals surface area contributed by atoms with Crippen molar-refractivity contribution < 1.29 is 13.2 Å². The monoisotopic (exact) mass is 432 g/mol. The molecule has 0 bridgehead atoms. The highest BCUT2D eigenvalue weighted by Crippen LogP contribution is 2.25. The zero-order valence-electron chi connectivity index (χ0n) is 14.8. The van der Waals surface area contributed by atoms with Crippen LogP contribution in [0, 0.1) is 0 Å². The summed E-state index contributed by atoms with van der Waals surface area (Å²) >= 11 is 7.80. The van der Waals surface area contributed by atoms with Crippen LogP contribution < -0.4 is 10.0 Å². The third-order valence-corrected chi connectivity index (χ3v) is 6.28. The van der Waals surface area contributed by atoms with Gasteiger partial charge in [-0.05, 0) is 54.8 Å². The van der Waals surface area contributed by atoms with Crippen molar-refractivity contribution in [1.82, 2.24) is 0 Å². The van der Waals surface area contributed by atoms with Crippen molar-refractivity contribution in [3.05, 3.63) is 83.4 Å². The van der Waals surface area contributed by atoms with E-state index in [2.05, 4.69) is 10.0 Å². The molecule has 0 aliphatic carbocycles. The van der Waals surface area contributed by atoms with Gasteiger partial charge in [0.1, 0.15) is 0 Å². The highest BCUT2D eigenvalue weighted by molar-refractivity contribution is 7.98. The molecule has 0 radical (unpaired) electrons. The molecule has 0 atom stereocenters. The van der Waals surface area contributed by atoms with Crippen LogP contribution in [-0.4, -0.2) is 20.6 Å². The maximum atomic E-state index is 12.5. The lowest BCUT2D eigenvalue weighted by Gasteiger charge is -2.11. The molecule has 0 saturated carbocycles. The van der Waals surface area contributed by atoms with Crippen LogP contribution in [0.2, 0.25) is 5.02 Å². The number of nitrogens with one attached hydrogen (secondary N) is 2. The second kappa shape index (κ2) is 8.68. The van der Waals surface area contributed by atoms with Gasteiger partial charge < -0.3 is 5.32 Å². The quantitative estimate of drug-likeness (QED) is 0.530. The summed E-state index contributed by atoms with van der Waals surface area (Å²) in [5.74, 6) is -0.374. The first kappa shape index (κ1) is 20.3. The lowest BCUT2D eigenvalue weighted by molar-refractivity contribution is 0.102. The van der Waals surface area contributed by atoms with Gasteiger partial charge in [0.15, 0.2) is 0 Å². The van der Waals surface area contributed by atoms with E-state index in [1.54, 1.807) is 36.0 Å². The summed E-state index contributed by atoms with van der Waals surface area (Å²) in [7, 11) is -3.73. The van der Waals surface area contributed by atoms with E-state index >= 15 is 0 Å². The third-order valence-electron chi connectivity index (χ3n) is 3.85. The highest BCUT2D eigenvalue weighted by atomic mass is 35.5. The molecule has 8 heteroatoms. The van der Waals surface area contributed by atoms with Gasteiger partial charge in [0, 0.05) is 10.6 Å². The minimum Gasteiger partial charge on any atom is -0.322 e. The Hall–Kier alpha value is -2.48. The molecule has 28 heavy (non-hydrogen) atoms. The Labute approximate surface area is 173 Å². The number of benzene rings is 3. The number of carbonyl (C=O) groups excluding carboxylic acids is 1. The standard InChI is InChI=1S/C20H17ClN2O3S2/c1-27-16-7-5-6-14(12-16)22-20(24)18-11-10-15(13-19(18)21)23-28(25,26)17-8-3-2-4-9-17/h2-13,23H,1H3,(H,22,24). The molecule has 5 nitrogen and oxygen atoms in total. The van der Waals surface area contributed by atoms with Gasteiger partial charge in [0.05, 0.1) is 21.2 Å². The maximum Gasteiger partial charge on any atom is 0.261 e. The van der Waals surface area contributed by atoms with Crippen LogP contribution >= 0.6 is 23.4 Å². The smallest absolute Gasteiger partial charge is 0.261 e. The minimum absolute atomic E-state index is 0.140. The molecule has 0 aromatic heterocycles. The average Bonchev–Trinajstić information content (AvgIpc) is 2.68. The van der Waals surface area contributed by atoms with Gasteiger partial charge in [-0.3, -0.25) is 9.52 Å². The van der Waals surface area contributed by atoms with E-state index in [-0.39, 0.29) is 27.1 Å². The summed E-state index contributed by atoms with van der Waals surface area (Å²) in [4.78, 5) is 13.7. The van der Waals surface area contributed by atoms with Crippen LogP contribution in [0.15, 0.2) is 82.6 Å². The van der Waals surface area contributed by atoms with Gasteiger partial charge >= 0.3 is 0 Å². The fourth-order valence-corrected chi connectivity index (χ4v) is 4.27. The third kappa shape index (κ3) is 4.86. The molecule has 3 rings (SSSR count). The summed E-state index contributed by atoms with van der Waals surface area (Å²) in [5.41, 5.74) is 1.18. The predicted molar refractivity (Wildman–Crippen MR) is 115 cm³/mol. The Kier molecular flexibility index (Phi) is 6.28. The summed E-state index contributed by atoms with van der Waals surface area (Å²) < 4.78 is 27.3. The number of amides is 1. The Morgan fingerprint density at radius 2 is 1.68 bits per heavy atom. The van der Waals surface area contributed by atoms with Crippen molar-refractivity contribution in [2.75, 3.05) is 16.3 Å². The number of rotatable bonds is 6. The number of anilines is 2. The number of hydrogen-bond donors (Lipinski definition) is 2. The van der Waals surface area contributed by atoms with Crippen molar-refractivity contribution >= 4 is 50.7 Å². The molecule has 0 fully saturated rings. The van der Waals surface area contributed by atoms with Crippen LogP contribution in [-0.2, 0) is 10.0 Å². The topological polar surface area (TPSA) is 75.3 Å². The van der Waals surface area contributed by atoms with Crippen LogP contribution in [0.5, 0.6) is 0 Å². The van der Waals surface area contributed by atoms with E-state index in [1.807, 2.05) is 24.5 Å². The molecule has 1 amide bonds. The summed E-state index contributed by atoms with van der Waals surface area (Å²) in [5, 5.41) is 2.94. The van der Waals surface area contributed by atoms with Gasteiger partial charge in [-0.25, -0.2) is 8.42 Å². The van der Waals surface area contributed by atoms with Gasteiger partial charge in [-0.2, -0.15) is 0 Å². The summed E-state index contributed by atoms with van der Waals surface area (Å²) in [6.07, 6.45) is 1.95. The Morgan fingerprint density at radius 3 is 2.36 bits per heavy atom. The number of halogens is 1. The largest absolute Gasteiger partial charge is 0.322 e. The minimum atomic E-state index is -3.73. The molecular formula is C20H17ClN2O3S2. The molecule has 0 unspecified atom stereocenters. The van der Waals surface area contributed by atoms with Crippen LogP contribution in [0.1, 0.15) is 10.4 Å². The van der Waals surface area contributed by atoms with Crippen LogP contribution in [0.3, 0.4) is 0 Å². The molecule has 144 valence electrons. The molecule has 2 N–H and O–H groups in total. The molecule has 3 aromatic rings. The van der Waals surface area contributed by atoms with Crippen LogP contribution in [0.25, 0.3) is 0 Å². The lowest BCUT2D eigenvalue weighted by atomic mass is 10.2. The SMILES string of the molecule is CSc1cccc(NC(=O)c2ccc(NS(=O)(=O)c3ccccc3)cc2Cl)c1. The van der Waals surface area contributed by atoms with E-state index in [0.29, 0.717) is 5.69 Å². The zero-order valence-corrected chi connectivity index (χ0v) is 17.2. The summed E-state index contributed by atoms with van der Waals surface area (Å²) in [6.45, 7) is 0. The number of thioether (sulfide) groups is 1. The molecule has 3 aromatic carbocycles. The lowest BCUT2D eigenvalue weighted by Crippen LogP contribution is -2.14. The first-order valence-corrected chi connectivity index (χ1v) is 11.3. The highest BCUT2D eigenvalue weighted by Gasteiger charge is 2.16. The zero-order chi connectivity index (χ0) is 20.1. The van der Waals surface area contributed by atoms with E-state index < -0.39 is 10.0 Å². The van der Waals surface area contributed by atoms with E-state index in [1.165, 1.54) is 30.3 Å². The Bertz CT molecular complexity index is 1100. The molecule has 0 heterocycles. The second-order valence-electron chi connectivity index (χ2n) is 5.80. The van der Waals surface area contributed by atoms with E-state index in [4.69, 9.17) is 11.6 Å². The van der Waals surface area contributed by atoms with E-state index in [9.17, 15) is 13.2 Å². The number of hydrogen-bond acceptors (Lipinski definition) is 4. The van der Waals surface area contributed by atoms with Crippen molar-refractivity contribution in [1.29, 1.82) is 0 Å². The molecule has 0 spiro atoms. The normalized spacial score (nSPS) is 11.1. The summed E-state index contributed by atoms with van der Waals surface area (Å²) in [6, 6.07) is 19.8. The molecular weight excluding hydrogens is 416 g/mol. The predicted octanol–water partition coefficient (Wildman–Crippen LogP) is 5.12. The molecule has 0 aliphatic rings. The number of sulfonamides is 1. The maximum absolute atomic E-state index is 12.5. The second-order valence-corrected chi connectivity index (χ2v) is 8.77. The first-order valence-electron chi connectivity index (χ1n) is 8.22.